The molecule has 0 amide bonds. The molecule has 0 N–H and O–H groups in total. The van der Waals surface area contributed by atoms with Gasteiger partial charge in [-0.25, -0.2) is 8.42 Å². The van der Waals surface area contributed by atoms with Crippen LogP contribution < -0.4 is 29.6 Å². The summed E-state index contributed by atoms with van der Waals surface area (Å²) in [4.78, 5) is 0. The van der Waals surface area contributed by atoms with Gasteiger partial charge in [-0.05, 0) is 25.7 Å². The molecule has 0 aliphatic rings. The minimum absolute atomic E-state index is 0. The van der Waals surface area contributed by atoms with Crippen LogP contribution in [0.4, 0.5) is 0 Å². The van der Waals surface area contributed by atoms with E-state index in [9.17, 15) is 13.0 Å². The largest absolute Gasteiger partial charge is 1.00 e. The number of unbranched alkanes of at least 4 members (excludes halogenated alkanes) is 14. The number of hydrogen-bond donors (Lipinski definition) is 0. The summed E-state index contributed by atoms with van der Waals surface area (Å²) in [6.45, 7) is 5.80. The Balaban J connectivity index is 0. The molecule has 5 nitrogen and oxygen atoms in total. The van der Waals surface area contributed by atoms with Crippen molar-refractivity contribution in [3.63, 3.8) is 0 Å². The Kier molecular flexibility index (Phi) is 27.9. The van der Waals surface area contributed by atoms with E-state index in [1.54, 1.807) is 0 Å². The first kappa shape index (κ1) is 34.0. The van der Waals surface area contributed by atoms with Crippen molar-refractivity contribution in [3.8, 4) is 0 Å². The molecule has 0 bridgehead atoms. The molecule has 0 aromatic carbocycles. The second kappa shape index (κ2) is 25.5. The number of rotatable bonds is 24. The van der Waals surface area contributed by atoms with Gasteiger partial charge in [0.2, 0.25) is 10.4 Å². The van der Waals surface area contributed by atoms with Crippen molar-refractivity contribution in [2.24, 2.45) is 0 Å². The molecule has 31 heavy (non-hydrogen) atoms. The molecule has 0 rings (SSSR count). The smallest absolute Gasteiger partial charge is 0.726 e. The molecule has 0 aromatic rings. The van der Waals surface area contributed by atoms with Crippen molar-refractivity contribution in [1.82, 2.24) is 0 Å². The first-order valence-corrected chi connectivity index (χ1v) is 14.0. The fourth-order valence-electron chi connectivity index (χ4n) is 3.77. The van der Waals surface area contributed by atoms with Gasteiger partial charge in [0.25, 0.3) is 0 Å². The van der Waals surface area contributed by atoms with Crippen molar-refractivity contribution >= 4 is 10.4 Å². The van der Waals surface area contributed by atoms with E-state index in [2.05, 4.69) is 13.8 Å². The van der Waals surface area contributed by atoms with Gasteiger partial charge in [0.05, 0.1) is 6.10 Å². The predicted molar refractivity (Wildman–Crippen MR) is 124 cm³/mol. The minimum atomic E-state index is -4.63. The Morgan fingerprint density at radius 1 is 0.613 bits per heavy atom. The van der Waals surface area contributed by atoms with E-state index >= 15 is 0 Å². The van der Waals surface area contributed by atoms with E-state index in [0.717, 1.165) is 38.7 Å². The van der Waals surface area contributed by atoms with Gasteiger partial charge in [0.1, 0.15) is 0 Å². The monoisotopic (exact) mass is 472 g/mol. The Morgan fingerprint density at radius 3 is 1.48 bits per heavy atom. The number of hydrogen-bond acceptors (Lipinski definition) is 5. The van der Waals surface area contributed by atoms with Crippen LogP contribution in [0.3, 0.4) is 0 Å². The maximum absolute atomic E-state index is 11.0. The third kappa shape index (κ3) is 28.8. The van der Waals surface area contributed by atoms with Gasteiger partial charge in [-0.2, -0.15) is 0 Å². The van der Waals surface area contributed by atoms with Crippen molar-refractivity contribution in [1.29, 1.82) is 0 Å². The van der Waals surface area contributed by atoms with Crippen molar-refractivity contribution < 1.29 is 51.4 Å². The van der Waals surface area contributed by atoms with Crippen LogP contribution >= 0.6 is 0 Å². The zero-order valence-electron chi connectivity index (χ0n) is 20.9. The Morgan fingerprint density at radius 2 is 1.00 bits per heavy atom. The van der Waals surface area contributed by atoms with Crippen molar-refractivity contribution in [2.45, 2.75) is 142 Å². The van der Waals surface area contributed by atoms with Gasteiger partial charge in [-0.3, -0.25) is 4.18 Å². The third-order valence-electron chi connectivity index (χ3n) is 5.59. The molecule has 0 fully saturated rings. The first-order valence-electron chi connectivity index (χ1n) is 12.7. The topological polar surface area (TPSA) is 75.7 Å². The standard InChI is InChI=1S/C24H50O5S.Na/c1-3-5-7-9-11-12-13-14-16-18-22-28-23-19-21-24(29-30(25,26)27)20-17-15-10-8-6-4-2;/h24H,3-23H2,1-2H3,(H,25,26,27);/q;+1/p-1. The van der Waals surface area contributed by atoms with Crippen molar-refractivity contribution in [3.05, 3.63) is 0 Å². The summed E-state index contributed by atoms with van der Waals surface area (Å²) in [5.41, 5.74) is 0. The van der Waals surface area contributed by atoms with Crippen LogP contribution in [0.1, 0.15) is 136 Å². The average Bonchev–Trinajstić information content (AvgIpc) is 2.69. The SMILES string of the molecule is CCCCCCCCCCCCOCCCC(CCCCCCCC)OS(=O)(=O)[O-].[Na+]. The summed E-state index contributed by atoms with van der Waals surface area (Å²) >= 11 is 0. The molecule has 0 aliphatic carbocycles. The summed E-state index contributed by atoms with van der Waals surface area (Å²) in [5.74, 6) is 0. The summed E-state index contributed by atoms with van der Waals surface area (Å²) in [7, 11) is -4.63. The van der Waals surface area contributed by atoms with E-state index in [1.807, 2.05) is 0 Å². The molecular weight excluding hydrogens is 423 g/mol. The fraction of sp³-hybridized carbons (Fsp3) is 1.00. The van der Waals surface area contributed by atoms with E-state index < -0.39 is 16.5 Å². The molecule has 0 saturated heterocycles. The third-order valence-corrected chi connectivity index (χ3v) is 6.10. The van der Waals surface area contributed by atoms with Gasteiger partial charge < -0.3 is 9.29 Å². The first-order chi connectivity index (χ1) is 14.5. The summed E-state index contributed by atoms with van der Waals surface area (Å²) in [6, 6.07) is 0. The summed E-state index contributed by atoms with van der Waals surface area (Å²) < 4.78 is 43.3. The molecule has 1 unspecified atom stereocenters. The maximum atomic E-state index is 11.0. The van der Waals surface area contributed by atoms with Gasteiger partial charge in [-0.1, -0.05) is 110 Å². The Labute approximate surface area is 216 Å². The summed E-state index contributed by atoms with van der Waals surface area (Å²) in [5, 5.41) is 0. The van der Waals surface area contributed by atoms with Gasteiger partial charge >= 0.3 is 29.6 Å². The van der Waals surface area contributed by atoms with E-state index in [4.69, 9.17) is 8.92 Å². The molecule has 182 valence electrons. The van der Waals surface area contributed by atoms with Gasteiger partial charge in [0, 0.05) is 13.2 Å². The second-order valence-corrected chi connectivity index (χ2v) is 9.63. The maximum Gasteiger partial charge on any atom is 1.00 e. The van der Waals surface area contributed by atoms with Crippen LogP contribution in [0.2, 0.25) is 0 Å². The molecule has 0 spiro atoms. The van der Waals surface area contributed by atoms with Crippen LogP contribution in [0.15, 0.2) is 0 Å². The van der Waals surface area contributed by atoms with Crippen LogP contribution in [0, 0.1) is 0 Å². The molecule has 1 atom stereocenters. The molecule has 7 heteroatoms. The van der Waals surface area contributed by atoms with E-state index in [0.29, 0.717) is 19.4 Å². The van der Waals surface area contributed by atoms with Gasteiger partial charge in [0.15, 0.2) is 0 Å². The minimum Gasteiger partial charge on any atom is -0.726 e. The molecule has 0 radical (unpaired) electrons. The van der Waals surface area contributed by atoms with Crippen LogP contribution in [-0.4, -0.2) is 32.3 Å². The second-order valence-electron chi connectivity index (χ2n) is 8.62. The predicted octanol–water partition coefficient (Wildman–Crippen LogP) is 4.30. The molecule has 0 saturated carbocycles. The quantitative estimate of drug-likeness (QED) is 0.0906. The number of ether oxygens (including phenoxy) is 1. The molecule has 0 aromatic heterocycles. The van der Waals surface area contributed by atoms with Crippen LogP contribution in [0.25, 0.3) is 0 Å². The fourth-order valence-corrected chi connectivity index (χ4v) is 4.29. The normalized spacial score (nSPS) is 12.6. The van der Waals surface area contributed by atoms with Crippen LogP contribution in [-0.2, 0) is 19.3 Å². The Hall–Kier alpha value is 0.830. The Bertz CT molecular complexity index is 445. The van der Waals surface area contributed by atoms with Gasteiger partial charge in [-0.15, -0.1) is 0 Å². The van der Waals surface area contributed by atoms with Crippen LogP contribution in [0.5, 0.6) is 0 Å². The average molecular weight is 473 g/mol. The van der Waals surface area contributed by atoms with E-state index in [1.165, 1.54) is 77.0 Å². The zero-order valence-corrected chi connectivity index (χ0v) is 23.7. The summed E-state index contributed by atoms with van der Waals surface area (Å²) in [6.07, 6.45) is 21.3. The molecule has 0 aliphatic heterocycles. The zero-order chi connectivity index (χ0) is 22.3. The van der Waals surface area contributed by atoms with Crippen molar-refractivity contribution in [2.75, 3.05) is 13.2 Å². The van der Waals surface area contributed by atoms with E-state index in [-0.39, 0.29) is 29.6 Å². The molecular formula is C24H49NaO5S. The molecule has 0 heterocycles.